The summed E-state index contributed by atoms with van der Waals surface area (Å²) in [5.74, 6) is -1.94. The van der Waals surface area contributed by atoms with Gasteiger partial charge in [0.1, 0.15) is 5.82 Å². The summed E-state index contributed by atoms with van der Waals surface area (Å²) < 4.78 is 13.7. The minimum absolute atomic E-state index is 0.0412. The number of nitrogens with zero attached hydrogens (tertiary/aromatic N) is 1. The van der Waals surface area contributed by atoms with Crippen molar-refractivity contribution in [1.29, 1.82) is 0 Å². The molecular weight excluding hydrogens is 343 g/mol. The molecule has 3 rings (SSSR count). The van der Waals surface area contributed by atoms with Crippen LogP contribution < -0.4 is 5.32 Å². The Morgan fingerprint density at radius 3 is 2.76 bits per heavy atom. The Kier molecular flexibility index (Phi) is 4.67. The van der Waals surface area contributed by atoms with Gasteiger partial charge in [-0.3, -0.25) is 4.79 Å². The molecule has 0 atom stereocenters. The second-order valence-corrected chi connectivity index (χ2v) is 6.36. The van der Waals surface area contributed by atoms with E-state index >= 15 is 0 Å². The van der Waals surface area contributed by atoms with Gasteiger partial charge in [0.2, 0.25) is 0 Å². The zero-order valence-electron chi connectivity index (χ0n) is 13.1. The van der Waals surface area contributed by atoms with Gasteiger partial charge in [-0.2, -0.15) is 0 Å². The van der Waals surface area contributed by atoms with Crippen LogP contribution in [0.2, 0.25) is 0 Å². The topological polar surface area (TPSA) is 78.8 Å². The van der Waals surface area contributed by atoms with Gasteiger partial charge in [-0.05, 0) is 48.5 Å². The highest BCUT2D eigenvalue weighted by molar-refractivity contribution is 8.18. The number of aliphatic imine (C=N–C) groups is 1. The molecule has 126 valence electrons. The number of hydrogen-bond donors (Lipinski definition) is 2. The third-order valence-electron chi connectivity index (χ3n) is 3.45. The number of halogens is 1. The van der Waals surface area contributed by atoms with Crippen LogP contribution in [0, 0.1) is 12.7 Å². The summed E-state index contributed by atoms with van der Waals surface area (Å²) in [6.07, 6.45) is 1.44. The third kappa shape index (κ3) is 3.77. The third-order valence-corrected chi connectivity index (χ3v) is 4.36. The molecule has 2 N–H and O–H groups in total. The minimum Gasteiger partial charge on any atom is -0.478 e. The van der Waals surface area contributed by atoms with Gasteiger partial charge in [0.25, 0.3) is 5.91 Å². The Bertz CT molecular complexity index is 938. The van der Waals surface area contributed by atoms with Crippen LogP contribution in [0.25, 0.3) is 6.08 Å². The number of carbonyl (C=O) groups is 2. The standard InChI is InChI=1S/C18H13FN2O3S/c1-10-6-7-12(17(23)24)14(8-10)20-18-21-16(22)15(25-18)9-11-4-2-3-5-13(11)19/h2-9H,1H3,(H,23,24)(H,20,21,22)/b15-9-. The predicted octanol–water partition coefficient (Wildman–Crippen LogP) is 3.72. The van der Waals surface area contributed by atoms with Crippen LogP contribution in [-0.4, -0.2) is 22.2 Å². The van der Waals surface area contributed by atoms with Crippen LogP contribution >= 0.6 is 11.8 Å². The number of thioether (sulfide) groups is 1. The van der Waals surface area contributed by atoms with E-state index in [9.17, 15) is 19.1 Å². The molecule has 0 bridgehead atoms. The fraction of sp³-hybridized carbons (Fsp3) is 0.0556. The quantitative estimate of drug-likeness (QED) is 0.822. The normalized spacial score (nSPS) is 17.1. The number of aryl methyl sites for hydroxylation is 1. The van der Waals surface area contributed by atoms with E-state index in [1.807, 2.05) is 6.92 Å². The molecule has 0 aromatic heterocycles. The summed E-state index contributed by atoms with van der Waals surface area (Å²) in [6.45, 7) is 1.82. The molecule has 2 aromatic rings. The van der Waals surface area contributed by atoms with Crippen molar-refractivity contribution in [3.63, 3.8) is 0 Å². The van der Waals surface area contributed by atoms with Gasteiger partial charge >= 0.3 is 5.97 Å². The summed E-state index contributed by atoms with van der Waals surface area (Å²) in [4.78, 5) is 27.9. The summed E-state index contributed by atoms with van der Waals surface area (Å²) in [6, 6.07) is 10.9. The molecule has 0 unspecified atom stereocenters. The second kappa shape index (κ2) is 6.90. The number of benzene rings is 2. The zero-order chi connectivity index (χ0) is 18.0. The molecule has 0 spiro atoms. The molecule has 1 heterocycles. The Hall–Kier alpha value is -2.93. The van der Waals surface area contributed by atoms with Gasteiger partial charge in [0.05, 0.1) is 16.2 Å². The molecule has 1 amide bonds. The first-order valence-corrected chi connectivity index (χ1v) is 8.14. The lowest BCUT2D eigenvalue weighted by Gasteiger charge is -2.03. The average molecular weight is 356 g/mol. The van der Waals surface area contributed by atoms with Gasteiger partial charge in [-0.1, -0.05) is 24.3 Å². The zero-order valence-corrected chi connectivity index (χ0v) is 13.9. The van der Waals surface area contributed by atoms with Crippen molar-refractivity contribution in [2.45, 2.75) is 6.92 Å². The largest absolute Gasteiger partial charge is 0.478 e. The molecule has 5 nitrogen and oxygen atoms in total. The van der Waals surface area contributed by atoms with E-state index in [1.54, 1.807) is 30.3 Å². The van der Waals surface area contributed by atoms with Crippen molar-refractivity contribution in [1.82, 2.24) is 5.32 Å². The maximum Gasteiger partial charge on any atom is 0.337 e. The van der Waals surface area contributed by atoms with Crippen LogP contribution in [0.3, 0.4) is 0 Å². The van der Waals surface area contributed by atoms with Gasteiger partial charge in [-0.25, -0.2) is 14.2 Å². The van der Waals surface area contributed by atoms with Gasteiger partial charge in [0.15, 0.2) is 5.17 Å². The summed E-state index contributed by atoms with van der Waals surface area (Å²) in [7, 11) is 0. The molecule has 0 aliphatic carbocycles. The smallest absolute Gasteiger partial charge is 0.337 e. The fourth-order valence-corrected chi connectivity index (χ4v) is 3.06. The van der Waals surface area contributed by atoms with E-state index < -0.39 is 17.7 Å². The Balaban J connectivity index is 1.93. The fourth-order valence-electron chi connectivity index (χ4n) is 2.24. The number of amidine groups is 1. The lowest BCUT2D eigenvalue weighted by molar-refractivity contribution is -0.115. The van der Waals surface area contributed by atoms with E-state index in [1.165, 1.54) is 18.2 Å². The highest BCUT2D eigenvalue weighted by Gasteiger charge is 2.25. The first kappa shape index (κ1) is 16.9. The van der Waals surface area contributed by atoms with E-state index in [-0.39, 0.29) is 21.3 Å². The van der Waals surface area contributed by atoms with Crippen molar-refractivity contribution < 1.29 is 19.1 Å². The number of amides is 1. The van der Waals surface area contributed by atoms with Crippen molar-refractivity contribution in [2.24, 2.45) is 4.99 Å². The van der Waals surface area contributed by atoms with Crippen LogP contribution in [0.15, 0.2) is 52.4 Å². The summed E-state index contributed by atoms with van der Waals surface area (Å²) >= 11 is 1.03. The highest BCUT2D eigenvalue weighted by atomic mass is 32.2. The van der Waals surface area contributed by atoms with Crippen molar-refractivity contribution in [2.75, 3.05) is 0 Å². The molecule has 7 heteroatoms. The summed E-state index contributed by atoms with van der Waals surface area (Å²) in [5.41, 5.74) is 1.44. The van der Waals surface area contributed by atoms with E-state index in [4.69, 9.17) is 0 Å². The van der Waals surface area contributed by atoms with Gasteiger partial charge < -0.3 is 10.4 Å². The Labute approximate surface area is 147 Å². The molecule has 25 heavy (non-hydrogen) atoms. The SMILES string of the molecule is Cc1ccc(C(=O)O)c(N=C2NC(=O)/C(=C/c3ccccc3F)S2)c1. The maximum atomic E-state index is 13.7. The molecular formula is C18H13FN2O3S. The lowest BCUT2D eigenvalue weighted by atomic mass is 10.1. The first-order chi connectivity index (χ1) is 11.9. The minimum atomic E-state index is -1.10. The molecule has 1 aliphatic heterocycles. The number of aromatic carboxylic acids is 1. The molecule has 1 saturated heterocycles. The number of carboxylic acid groups (broad SMARTS) is 1. The molecule has 0 radical (unpaired) electrons. The summed E-state index contributed by atoms with van der Waals surface area (Å²) in [5, 5.41) is 12.1. The van der Waals surface area contributed by atoms with Crippen LogP contribution in [0.5, 0.6) is 0 Å². The molecule has 2 aromatic carbocycles. The monoisotopic (exact) mass is 356 g/mol. The van der Waals surface area contributed by atoms with Crippen LogP contribution in [0.1, 0.15) is 21.5 Å². The van der Waals surface area contributed by atoms with Gasteiger partial charge in [0, 0.05) is 5.56 Å². The molecule has 0 saturated carbocycles. The van der Waals surface area contributed by atoms with Gasteiger partial charge in [-0.15, -0.1) is 0 Å². The number of hydrogen-bond acceptors (Lipinski definition) is 4. The maximum absolute atomic E-state index is 13.7. The molecule has 1 aliphatic rings. The van der Waals surface area contributed by atoms with E-state index in [0.29, 0.717) is 5.56 Å². The number of carboxylic acids is 1. The molecule has 1 fully saturated rings. The predicted molar refractivity (Wildman–Crippen MR) is 95.3 cm³/mol. The van der Waals surface area contributed by atoms with Crippen molar-refractivity contribution >= 4 is 40.6 Å². The second-order valence-electron chi connectivity index (χ2n) is 5.33. The Morgan fingerprint density at radius 2 is 2.04 bits per heavy atom. The average Bonchev–Trinajstić information content (AvgIpc) is 2.89. The van der Waals surface area contributed by atoms with Crippen LogP contribution in [0.4, 0.5) is 10.1 Å². The number of nitrogens with one attached hydrogen (secondary N) is 1. The Morgan fingerprint density at radius 1 is 1.28 bits per heavy atom. The lowest BCUT2D eigenvalue weighted by Crippen LogP contribution is -2.19. The van der Waals surface area contributed by atoms with Crippen LogP contribution in [-0.2, 0) is 4.79 Å². The van der Waals surface area contributed by atoms with Crippen molar-refractivity contribution in [3.05, 3.63) is 69.9 Å². The van der Waals surface area contributed by atoms with Crippen molar-refractivity contribution in [3.8, 4) is 0 Å². The number of carbonyl (C=O) groups excluding carboxylic acids is 1. The first-order valence-electron chi connectivity index (χ1n) is 7.32. The highest BCUT2D eigenvalue weighted by Crippen LogP contribution is 2.30. The van der Waals surface area contributed by atoms with E-state index in [2.05, 4.69) is 10.3 Å². The van der Waals surface area contributed by atoms with E-state index in [0.717, 1.165) is 17.3 Å². The number of rotatable bonds is 3.